The molecule has 0 radical (unpaired) electrons. The molecule has 0 spiro atoms. The molecule has 1 aromatic carbocycles. The molecule has 166 valence electrons. The third-order valence-corrected chi connectivity index (χ3v) is 6.89. The van der Waals surface area contributed by atoms with Crippen LogP contribution >= 0.6 is 11.3 Å². The molecule has 0 saturated carbocycles. The number of aromatic nitrogens is 2. The summed E-state index contributed by atoms with van der Waals surface area (Å²) >= 11 is 1.60. The highest BCUT2D eigenvalue weighted by atomic mass is 32.1. The van der Waals surface area contributed by atoms with E-state index < -0.39 is 11.7 Å². The van der Waals surface area contributed by atoms with Gasteiger partial charge in [0.05, 0.1) is 16.6 Å². The smallest absolute Gasteiger partial charge is 0.295 e. The Bertz CT molecular complexity index is 1330. The van der Waals surface area contributed by atoms with E-state index in [1.165, 1.54) is 0 Å². The molecule has 1 N–H and O–H groups in total. The van der Waals surface area contributed by atoms with Gasteiger partial charge in [-0.05, 0) is 36.6 Å². The SMILES string of the molecule is C[C@H]1CN(C(=O)c2ccccc2)CCN1C(=O)C(=O)c1c[nH]c2c(-c3cccs3)ccnc12. The van der Waals surface area contributed by atoms with Crippen LogP contribution in [0.2, 0.25) is 0 Å². The van der Waals surface area contributed by atoms with Gasteiger partial charge in [0.1, 0.15) is 0 Å². The zero-order valence-electron chi connectivity index (χ0n) is 18.0. The maximum atomic E-state index is 13.2. The van der Waals surface area contributed by atoms with E-state index in [2.05, 4.69) is 9.97 Å². The average molecular weight is 459 g/mol. The standard InChI is InChI=1S/C25H22N4O3S/c1-16-15-28(24(31)17-6-3-2-4-7-17)11-12-29(16)25(32)23(30)19-14-27-21-18(9-10-26-22(19)21)20-8-5-13-33-20/h2-10,13-14,16,27H,11-12,15H2,1H3/t16-/m0/s1. The number of nitrogens with one attached hydrogen (secondary N) is 1. The number of nitrogens with zero attached hydrogens (tertiary/aromatic N) is 3. The normalized spacial score (nSPS) is 16.2. The minimum atomic E-state index is -0.591. The molecule has 0 bridgehead atoms. The summed E-state index contributed by atoms with van der Waals surface area (Å²) in [7, 11) is 0. The van der Waals surface area contributed by atoms with Gasteiger partial charge in [0.2, 0.25) is 0 Å². The van der Waals surface area contributed by atoms with Crippen LogP contribution in [0.1, 0.15) is 27.6 Å². The Balaban J connectivity index is 1.34. The van der Waals surface area contributed by atoms with Gasteiger partial charge in [0, 0.05) is 54.1 Å². The number of pyridine rings is 1. The second kappa shape index (κ2) is 8.63. The van der Waals surface area contributed by atoms with Crippen molar-refractivity contribution in [3.8, 4) is 10.4 Å². The van der Waals surface area contributed by atoms with Gasteiger partial charge in [-0.3, -0.25) is 19.4 Å². The Morgan fingerprint density at radius 1 is 1.06 bits per heavy atom. The summed E-state index contributed by atoms with van der Waals surface area (Å²) in [6.07, 6.45) is 3.22. The van der Waals surface area contributed by atoms with Crippen molar-refractivity contribution in [2.45, 2.75) is 13.0 Å². The van der Waals surface area contributed by atoms with Crippen LogP contribution in [0.25, 0.3) is 21.5 Å². The Morgan fingerprint density at radius 3 is 2.61 bits per heavy atom. The molecule has 7 nitrogen and oxygen atoms in total. The van der Waals surface area contributed by atoms with Crippen molar-refractivity contribution < 1.29 is 14.4 Å². The average Bonchev–Trinajstić information content (AvgIpc) is 3.53. The van der Waals surface area contributed by atoms with Crippen molar-refractivity contribution in [2.75, 3.05) is 19.6 Å². The lowest BCUT2D eigenvalue weighted by molar-refractivity contribution is -0.130. The summed E-state index contributed by atoms with van der Waals surface area (Å²) in [5.41, 5.74) is 3.06. The van der Waals surface area contributed by atoms with Gasteiger partial charge >= 0.3 is 0 Å². The summed E-state index contributed by atoms with van der Waals surface area (Å²) in [4.78, 5) is 50.9. The molecule has 5 rings (SSSR count). The number of thiophene rings is 1. The summed E-state index contributed by atoms with van der Waals surface area (Å²) in [6.45, 7) is 2.92. The first-order valence-corrected chi connectivity index (χ1v) is 11.6. The summed E-state index contributed by atoms with van der Waals surface area (Å²) < 4.78 is 0. The Labute approximate surface area is 194 Å². The van der Waals surface area contributed by atoms with Crippen molar-refractivity contribution in [3.05, 3.63) is 77.4 Å². The minimum Gasteiger partial charge on any atom is -0.359 e. The van der Waals surface area contributed by atoms with Crippen LogP contribution in [-0.2, 0) is 4.79 Å². The Morgan fingerprint density at radius 2 is 1.88 bits per heavy atom. The molecular weight excluding hydrogens is 436 g/mol. The highest BCUT2D eigenvalue weighted by Gasteiger charge is 2.34. The largest absolute Gasteiger partial charge is 0.359 e. The number of carbonyl (C=O) groups excluding carboxylic acids is 3. The Kier molecular flexibility index (Phi) is 5.51. The van der Waals surface area contributed by atoms with Gasteiger partial charge < -0.3 is 14.8 Å². The number of carbonyl (C=O) groups is 3. The van der Waals surface area contributed by atoms with Crippen LogP contribution in [0.15, 0.2) is 66.3 Å². The van der Waals surface area contributed by atoms with Crippen LogP contribution in [0.5, 0.6) is 0 Å². The van der Waals surface area contributed by atoms with Gasteiger partial charge in [-0.1, -0.05) is 24.3 Å². The maximum Gasteiger partial charge on any atom is 0.295 e. The quantitative estimate of drug-likeness (QED) is 0.372. The highest BCUT2D eigenvalue weighted by Crippen LogP contribution is 2.31. The number of hydrogen-bond donors (Lipinski definition) is 1. The minimum absolute atomic E-state index is 0.0668. The molecular formula is C25H22N4O3S. The molecule has 0 aliphatic carbocycles. The topological polar surface area (TPSA) is 86.4 Å². The van der Waals surface area contributed by atoms with Gasteiger partial charge in [-0.25, -0.2) is 0 Å². The fourth-order valence-electron chi connectivity index (χ4n) is 4.29. The molecule has 0 unspecified atom stereocenters. The van der Waals surface area contributed by atoms with Crippen LogP contribution in [0.4, 0.5) is 0 Å². The molecule has 3 aromatic heterocycles. The molecule has 1 aliphatic heterocycles. The zero-order valence-corrected chi connectivity index (χ0v) is 18.8. The molecule has 1 saturated heterocycles. The van der Waals surface area contributed by atoms with E-state index in [9.17, 15) is 14.4 Å². The van der Waals surface area contributed by atoms with E-state index in [-0.39, 0.29) is 17.5 Å². The molecule has 8 heteroatoms. The number of ketones is 1. The van der Waals surface area contributed by atoms with E-state index >= 15 is 0 Å². The lowest BCUT2D eigenvalue weighted by atomic mass is 10.1. The highest BCUT2D eigenvalue weighted by molar-refractivity contribution is 7.13. The first kappa shape index (κ1) is 21.1. The van der Waals surface area contributed by atoms with Gasteiger partial charge in [0.25, 0.3) is 17.6 Å². The summed E-state index contributed by atoms with van der Waals surface area (Å²) in [5, 5.41) is 1.99. The van der Waals surface area contributed by atoms with Crippen molar-refractivity contribution in [2.24, 2.45) is 0 Å². The molecule has 1 aliphatic rings. The number of Topliss-reactive ketones (excluding diaryl/α,β-unsaturated/α-hetero) is 1. The Hall–Kier alpha value is -3.78. The van der Waals surface area contributed by atoms with E-state index in [1.807, 2.05) is 48.7 Å². The first-order valence-electron chi connectivity index (χ1n) is 10.7. The molecule has 33 heavy (non-hydrogen) atoms. The van der Waals surface area contributed by atoms with Crippen molar-refractivity contribution >= 4 is 40.0 Å². The second-order valence-corrected chi connectivity index (χ2v) is 9.00. The molecule has 4 aromatic rings. The van der Waals surface area contributed by atoms with E-state index in [0.29, 0.717) is 30.7 Å². The fourth-order valence-corrected chi connectivity index (χ4v) is 5.05. The van der Waals surface area contributed by atoms with Crippen LogP contribution < -0.4 is 0 Å². The zero-order chi connectivity index (χ0) is 22.9. The number of rotatable bonds is 4. The van der Waals surface area contributed by atoms with Gasteiger partial charge in [-0.2, -0.15) is 0 Å². The summed E-state index contributed by atoms with van der Waals surface area (Å²) in [5.74, 6) is -1.23. The van der Waals surface area contributed by atoms with Crippen molar-refractivity contribution in [1.29, 1.82) is 0 Å². The molecule has 4 heterocycles. The van der Waals surface area contributed by atoms with Crippen LogP contribution in [-0.4, -0.2) is 63.0 Å². The van der Waals surface area contributed by atoms with Crippen molar-refractivity contribution in [1.82, 2.24) is 19.8 Å². The van der Waals surface area contributed by atoms with Gasteiger partial charge in [-0.15, -0.1) is 11.3 Å². The van der Waals surface area contributed by atoms with E-state index in [0.717, 1.165) is 16.0 Å². The van der Waals surface area contributed by atoms with Crippen molar-refractivity contribution in [3.63, 3.8) is 0 Å². The van der Waals surface area contributed by atoms with Crippen LogP contribution in [0, 0.1) is 0 Å². The molecule has 1 atom stereocenters. The van der Waals surface area contributed by atoms with E-state index in [4.69, 9.17) is 0 Å². The second-order valence-electron chi connectivity index (χ2n) is 8.06. The number of aromatic amines is 1. The number of benzene rings is 1. The lowest BCUT2D eigenvalue weighted by Crippen LogP contribution is -2.56. The first-order chi connectivity index (χ1) is 16.0. The third kappa shape index (κ3) is 3.82. The van der Waals surface area contributed by atoms with E-state index in [1.54, 1.807) is 45.7 Å². The van der Waals surface area contributed by atoms with Crippen LogP contribution in [0.3, 0.4) is 0 Å². The lowest BCUT2D eigenvalue weighted by Gasteiger charge is -2.39. The molecule has 1 fully saturated rings. The predicted octanol–water partition coefficient (Wildman–Crippen LogP) is 3.85. The number of piperazine rings is 1. The number of hydrogen-bond acceptors (Lipinski definition) is 5. The fraction of sp³-hybridized carbons (Fsp3) is 0.200. The predicted molar refractivity (Wildman–Crippen MR) is 127 cm³/mol. The van der Waals surface area contributed by atoms with Gasteiger partial charge in [0.15, 0.2) is 0 Å². The molecule has 2 amide bonds. The number of amides is 2. The third-order valence-electron chi connectivity index (χ3n) is 5.99. The number of fused-ring (bicyclic) bond motifs is 1. The summed E-state index contributed by atoms with van der Waals surface area (Å²) in [6, 6.07) is 14.7. The monoisotopic (exact) mass is 458 g/mol. The number of H-pyrrole nitrogens is 1. The maximum absolute atomic E-state index is 13.2.